The number of para-hydroxylation sites is 1. The number of hydrogen-bond donors (Lipinski definition) is 2. The van der Waals surface area contributed by atoms with Crippen LogP contribution in [-0.2, 0) is 9.53 Å². The van der Waals surface area contributed by atoms with Gasteiger partial charge in [0.1, 0.15) is 0 Å². The van der Waals surface area contributed by atoms with Gasteiger partial charge in [0.2, 0.25) is 5.91 Å². The maximum Gasteiger partial charge on any atom is 0.337 e. The van der Waals surface area contributed by atoms with Gasteiger partial charge in [-0.05, 0) is 18.6 Å². The van der Waals surface area contributed by atoms with Crippen LogP contribution in [0.3, 0.4) is 0 Å². The number of carbonyl (C=O) groups excluding carboxylic acids is 1. The molecule has 5 nitrogen and oxygen atoms in total. The molecule has 0 aliphatic carbocycles. The topological polar surface area (TPSA) is 75.6 Å². The molecule has 18 heavy (non-hydrogen) atoms. The van der Waals surface area contributed by atoms with Gasteiger partial charge in [0, 0.05) is 6.61 Å². The van der Waals surface area contributed by atoms with Crippen LogP contribution in [0.1, 0.15) is 30.1 Å². The Morgan fingerprint density at radius 1 is 1.28 bits per heavy atom. The first-order chi connectivity index (χ1) is 8.65. The summed E-state index contributed by atoms with van der Waals surface area (Å²) in [4.78, 5) is 22.5. The number of benzene rings is 1. The molecule has 2 N–H and O–H groups in total. The Bertz CT molecular complexity index is 417. The molecular formula is C13H17NO4. The Morgan fingerprint density at radius 2 is 2.00 bits per heavy atom. The minimum atomic E-state index is -1.06. The monoisotopic (exact) mass is 251 g/mol. The smallest absolute Gasteiger partial charge is 0.337 e. The Balaban J connectivity index is 2.51. The summed E-state index contributed by atoms with van der Waals surface area (Å²) in [6, 6.07) is 6.30. The van der Waals surface area contributed by atoms with E-state index in [0.29, 0.717) is 18.9 Å². The number of hydrogen-bond acceptors (Lipinski definition) is 3. The van der Waals surface area contributed by atoms with Gasteiger partial charge in [0.05, 0.1) is 24.3 Å². The number of anilines is 1. The minimum absolute atomic E-state index is 0.0836. The van der Waals surface area contributed by atoms with Gasteiger partial charge in [-0.2, -0.15) is 0 Å². The molecule has 0 aliphatic heterocycles. The molecule has 0 fully saturated rings. The zero-order valence-corrected chi connectivity index (χ0v) is 10.3. The molecule has 0 heterocycles. The van der Waals surface area contributed by atoms with E-state index in [1.165, 1.54) is 6.07 Å². The number of carbonyl (C=O) groups is 2. The van der Waals surface area contributed by atoms with Crippen molar-refractivity contribution in [3.8, 4) is 0 Å². The lowest BCUT2D eigenvalue weighted by molar-refractivity contribution is -0.117. The Morgan fingerprint density at radius 3 is 2.67 bits per heavy atom. The highest BCUT2D eigenvalue weighted by Crippen LogP contribution is 2.14. The van der Waals surface area contributed by atoms with Crippen LogP contribution >= 0.6 is 0 Å². The summed E-state index contributed by atoms with van der Waals surface area (Å²) in [5, 5.41) is 11.5. The lowest BCUT2D eigenvalue weighted by atomic mass is 10.2. The molecule has 0 radical (unpaired) electrons. The first kappa shape index (κ1) is 14.2. The third-order valence-corrected chi connectivity index (χ3v) is 2.25. The lowest BCUT2D eigenvalue weighted by Gasteiger charge is -2.08. The highest BCUT2D eigenvalue weighted by molar-refractivity contribution is 6.00. The summed E-state index contributed by atoms with van der Waals surface area (Å²) in [6.45, 7) is 2.96. The second kappa shape index (κ2) is 7.45. The van der Waals surface area contributed by atoms with Gasteiger partial charge in [-0.15, -0.1) is 0 Å². The second-order valence-corrected chi connectivity index (χ2v) is 3.76. The van der Waals surface area contributed by atoms with E-state index >= 15 is 0 Å². The van der Waals surface area contributed by atoms with Crippen molar-refractivity contribution >= 4 is 17.6 Å². The average Bonchev–Trinajstić information content (AvgIpc) is 2.35. The van der Waals surface area contributed by atoms with Gasteiger partial charge >= 0.3 is 5.97 Å². The van der Waals surface area contributed by atoms with E-state index in [9.17, 15) is 9.59 Å². The highest BCUT2D eigenvalue weighted by Gasteiger charge is 2.11. The van der Waals surface area contributed by atoms with Crippen molar-refractivity contribution in [1.82, 2.24) is 0 Å². The quantitative estimate of drug-likeness (QED) is 0.728. The van der Waals surface area contributed by atoms with E-state index in [1.54, 1.807) is 18.2 Å². The van der Waals surface area contributed by atoms with Crippen LogP contribution in [0.2, 0.25) is 0 Å². The molecule has 1 rings (SSSR count). The van der Waals surface area contributed by atoms with Gasteiger partial charge in [-0.1, -0.05) is 19.1 Å². The summed E-state index contributed by atoms with van der Waals surface area (Å²) < 4.78 is 5.19. The minimum Gasteiger partial charge on any atom is -0.478 e. The predicted molar refractivity (Wildman–Crippen MR) is 67.8 cm³/mol. The molecule has 0 saturated heterocycles. The number of nitrogens with one attached hydrogen (secondary N) is 1. The highest BCUT2D eigenvalue weighted by atomic mass is 16.5. The first-order valence-corrected chi connectivity index (χ1v) is 5.85. The van der Waals surface area contributed by atoms with E-state index in [0.717, 1.165) is 6.42 Å². The third-order valence-electron chi connectivity index (χ3n) is 2.25. The van der Waals surface area contributed by atoms with E-state index in [1.807, 2.05) is 6.92 Å². The largest absolute Gasteiger partial charge is 0.478 e. The van der Waals surface area contributed by atoms with Crippen molar-refractivity contribution in [2.45, 2.75) is 19.8 Å². The lowest BCUT2D eigenvalue weighted by Crippen LogP contribution is -2.16. The summed E-state index contributed by atoms with van der Waals surface area (Å²) in [5.74, 6) is -1.31. The van der Waals surface area contributed by atoms with Crippen LogP contribution < -0.4 is 5.32 Å². The molecular weight excluding hydrogens is 234 g/mol. The molecule has 1 aromatic rings. The Labute approximate surface area is 106 Å². The molecule has 0 atom stereocenters. The number of amides is 1. The van der Waals surface area contributed by atoms with E-state index in [2.05, 4.69) is 5.32 Å². The van der Waals surface area contributed by atoms with Crippen LogP contribution in [0, 0.1) is 0 Å². The fraction of sp³-hybridized carbons (Fsp3) is 0.385. The van der Waals surface area contributed by atoms with Crippen molar-refractivity contribution in [3.05, 3.63) is 29.8 Å². The van der Waals surface area contributed by atoms with E-state index < -0.39 is 5.97 Å². The van der Waals surface area contributed by atoms with Crippen LogP contribution in [0.15, 0.2) is 24.3 Å². The zero-order valence-electron chi connectivity index (χ0n) is 10.3. The molecule has 1 aromatic carbocycles. The van der Waals surface area contributed by atoms with Crippen molar-refractivity contribution in [2.75, 3.05) is 18.5 Å². The normalized spacial score (nSPS) is 10.1. The summed E-state index contributed by atoms with van der Waals surface area (Å²) in [5.41, 5.74) is 0.394. The van der Waals surface area contributed by atoms with E-state index in [4.69, 9.17) is 9.84 Å². The van der Waals surface area contributed by atoms with Crippen LogP contribution in [-0.4, -0.2) is 30.2 Å². The van der Waals surface area contributed by atoms with Gasteiger partial charge in [-0.3, -0.25) is 4.79 Å². The maximum absolute atomic E-state index is 11.6. The molecule has 5 heteroatoms. The Hall–Kier alpha value is -1.88. The fourth-order valence-corrected chi connectivity index (χ4v) is 1.40. The van der Waals surface area contributed by atoms with Gasteiger partial charge in [-0.25, -0.2) is 4.79 Å². The zero-order chi connectivity index (χ0) is 13.4. The predicted octanol–water partition coefficient (Wildman–Crippen LogP) is 2.14. The number of ether oxygens (including phenoxy) is 1. The Kier molecular flexibility index (Phi) is 5.87. The van der Waals surface area contributed by atoms with Crippen LogP contribution in [0.5, 0.6) is 0 Å². The molecule has 0 aromatic heterocycles. The molecule has 0 aliphatic rings. The van der Waals surface area contributed by atoms with Crippen LogP contribution in [0.25, 0.3) is 0 Å². The maximum atomic E-state index is 11.6. The van der Waals surface area contributed by atoms with Crippen molar-refractivity contribution < 1.29 is 19.4 Å². The summed E-state index contributed by atoms with van der Waals surface area (Å²) in [7, 11) is 0. The second-order valence-electron chi connectivity index (χ2n) is 3.76. The summed E-state index contributed by atoms with van der Waals surface area (Å²) in [6.07, 6.45) is 1.12. The van der Waals surface area contributed by atoms with Gasteiger partial charge in [0.15, 0.2) is 0 Å². The molecule has 0 saturated carbocycles. The molecule has 98 valence electrons. The fourth-order valence-electron chi connectivity index (χ4n) is 1.40. The van der Waals surface area contributed by atoms with Crippen molar-refractivity contribution in [1.29, 1.82) is 0 Å². The van der Waals surface area contributed by atoms with Gasteiger partial charge < -0.3 is 15.2 Å². The number of aromatic carboxylic acids is 1. The number of carboxylic acid groups (broad SMARTS) is 1. The van der Waals surface area contributed by atoms with Crippen LogP contribution in [0.4, 0.5) is 5.69 Å². The molecule has 0 unspecified atom stereocenters. The van der Waals surface area contributed by atoms with E-state index in [-0.39, 0.29) is 17.9 Å². The number of carboxylic acids is 1. The molecule has 1 amide bonds. The van der Waals surface area contributed by atoms with Gasteiger partial charge in [0.25, 0.3) is 0 Å². The van der Waals surface area contributed by atoms with Crippen molar-refractivity contribution in [3.63, 3.8) is 0 Å². The van der Waals surface area contributed by atoms with Crippen molar-refractivity contribution in [2.24, 2.45) is 0 Å². The molecule has 0 spiro atoms. The standard InChI is InChI=1S/C13H17NO4/c1-2-8-18-9-7-12(15)14-11-6-4-3-5-10(11)13(16)17/h3-6H,2,7-9H2,1H3,(H,14,15)(H,16,17). The average molecular weight is 251 g/mol. The summed E-state index contributed by atoms with van der Waals surface area (Å²) >= 11 is 0. The third kappa shape index (κ3) is 4.55. The SMILES string of the molecule is CCCOCCC(=O)Nc1ccccc1C(=O)O. The molecule has 0 bridgehead atoms. The number of rotatable bonds is 7. The first-order valence-electron chi connectivity index (χ1n) is 5.85.